The minimum Gasteiger partial charge on any atom is -0.355 e. The average molecular weight is 184 g/mol. The highest BCUT2D eigenvalue weighted by molar-refractivity contribution is 5.72. The summed E-state index contributed by atoms with van der Waals surface area (Å²) in [4.78, 5) is 10.6. The molecule has 3 heteroatoms. The van der Waals surface area contributed by atoms with E-state index in [1.165, 1.54) is 25.7 Å². The third-order valence-corrected chi connectivity index (χ3v) is 2.76. The monoisotopic (exact) mass is 184 g/mol. The van der Waals surface area contributed by atoms with Crippen molar-refractivity contribution in [1.82, 2.24) is 10.6 Å². The molecule has 3 nitrogen and oxygen atoms in total. The first-order valence-corrected chi connectivity index (χ1v) is 5.12. The van der Waals surface area contributed by atoms with Crippen molar-refractivity contribution in [3.8, 4) is 0 Å². The third-order valence-electron chi connectivity index (χ3n) is 2.76. The van der Waals surface area contributed by atoms with E-state index >= 15 is 0 Å². The molecule has 0 heterocycles. The first kappa shape index (κ1) is 10.5. The van der Waals surface area contributed by atoms with Crippen molar-refractivity contribution in [2.24, 2.45) is 0 Å². The zero-order chi connectivity index (χ0) is 9.73. The molecule has 0 spiro atoms. The van der Waals surface area contributed by atoms with Crippen molar-refractivity contribution >= 4 is 5.91 Å². The Bertz CT molecular complexity index is 174. The molecule has 0 saturated heterocycles. The van der Waals surface area contributed by atoms with Gasteiger partial charge in [0.1, 0.15) is 0 Å². The van der Waals surface area contributed by atoms with Gasteiger partial charge in [-0.1, -0.05) is 12.8 Å². The molecule has 0 aromatic rings. The third kappa shape index (κ3) is 3.77. The molecule has 0 aliphatic heterocycles. The number of amides is 1. The molecule has 1 aliphatic carbocycles. The van der Waals surface area contributed by atoms with Gasteiger partial charge >= 0.3 is 0 Å². The van der Waals surface area contributed by atoms with Crippen LogP contribution in [0.25, 0.3) is 0 Å². The van der Waals surface area contributed by atoms with Crippen LogP contribution >= 0.6 is 0 Å². The summed E-state index contributed by atoms with van der Waals surface area (Å²) >= 11 is 0. The highest BCUT2D eigenvalue weighted by atomic mass is 16.1. The van der Waals surface area contributed by atoms with Crippen LogP contribution in [0.15, 0.2) is 0 Å². The standard InChI is InChI=1S/C10H20N2O/c1-9(13)11-7-8-12-10(2)5-3-4-6-10/h12H,3-8H2,1-2H3,(H,11,13). The number of rotatable bonds is 4. The van der Waals surface area contributed by atoms with Gasteiger partial charge in [0.25, 0.3) is 0 Å². The van der Waals surface area contributed by atoms with E-state index in [1.807, 2.05) is 0 Å². The van der Waals surface area contributed by atoms with E-state index in [0.29, 0.717) is 5.54 Å². The maximum Gasteiger partial charge on any atom is 0.216 e. The van der Waals surface area contributed by atoms with Gasteiger partial charge in [-0.2, -0.15) is 0 Å². The maximum absolute atomic E-state index is 10.6. The van der Waals surface area contributed by atoms with Crippen LogP contribution in [-0.4, -0.2) is 24.5 Å². The van der Waals surface area contributed by atoms with Crippen LogP contribution in [0.3, 0.4) is 0 Å². The van der Waals surface area contributed by atoms with Crippen LogP contribution in [0, 0.1) is 0 Å². The second-order valence-corrected chi connectivity index (χ2v) is 4.18. The molecular weight excluding hydrogens is 164 g/mol. The number of hydrogen-bond acceptors (Lipinski definition) is 2. The van der Waals surface area contributed by atoms with Crippen LogP contribution in [0.4, 0.5) is 0 Å². The van der Waals surface area contributed by atoms with E-state index in [1.54, 1.807) is 6.92 Å². The summed E-state index contributed by atoms with van der Waals surface area (Å²) in [5, 5.41) is 6.28. The van der Waals surface area contributed by atoms with E-state index < -0.39 is 0 Å². The van der Waals surface area contributed by atoms with Gasteiger partial charge in [0, 0.05) is 25.6 Å². The van der Waals surface area contributed by atoms with Crippen molar-refractivity contribution in [1.29, 1.82) is 0 Å². The minimum absolute atomic E-state index is 0.0541. The Balaban J connectivity index is 2.07. The summed E-state index contributed by atoms with van der Waals surface area (Å²) in [6.07, 6.45) is 5.22. The highest BCUT2D eigenvalue weighted by Gasteiger charge is 2.27. The molecule has 1 fully saturated rings. The lowest BCUT2D eigenvalue weighted by Gasteiger charge is -2.25. The molecule has 76 valence electrons. The van der Waals surface area contributed by atoms with Crippen molar-refractivity contribution in [2.75, 3.05) is 13.1 Å². The minimum atomic E-state index is 0.0541. The Morgan fingerprint density at radius 3 is 2.46 bits per heavy atom. The Kier molecular flexibility index (Phi) is 3.72. The van der Waals surface area contributed by atoms with Crippen LogP contribution in [0.5, 0.6) is 0 Å². The van der Waals surface area contributed by atoms with E-state index in [2.05, 4.69) is 17.6 Å². The molecule has 1 saturated carbocycles. The Morgan fingerprint density at radius 2 is 1.92 bits per heavy atom. The van der Waals surface area contributed by atoms with Gasteiger partial charge in [0.2, 0.25) is 5.91 Å². The smallest absolute Gasteiger partial charge is 0.216 e. The van der Waals surface area contributed by atoms with Gasteiger partial charge in [-0.25, -0.2) is 0 Å². The van der Waals surface area contributed by atoms with Gasteiger partial charge in [0.05, 0.1) is 0 Å². The van der Waals surface area contributed by atoms with E-state index in [0.717, 1.165) is 13.1 Å². The number of nitrogens with one attached hydrogen (secondary N) is 2. The summed E-state index contributed by atoms with van der Waals surface area (Å²) in [6, 6.07) is 0. The lowest BCUT2D eigenvalue weighted by Crippen LogP contribution is -2.43. The molecule has 0 radical (unpaired) electrons. The van der Waals surface area contributed by atoms with Crippen molar-refractivity contribution < 1.29 is 4.79 Å². The lowest BCUT2D eigenvalue weighted by atomic mass is 10.0. The van der Waals surface area contributed by atoms with Gasteiger partial charge in [-0.05, 0) is 19.8 Å². The lowest BCUT2D eigenvalue weighted by molar-refractivity contribution is -0.118. The van der Waals surface area contributed by atoms with Crippen molar-refractivity contribution in [3.63, 3.8) is 0 Å². The van der Waals surface area contributed by atoms with E-state index in [4.69, 9.17) is 0 Å². The predicted molar refractivity (Wildman–Crippen MR) is 53.6 cm³/mol. The molecular formula is C10H20N2O. The molecule has 0 aromatic heterocycles. The second kappa shape index (κ2) is 4.61. The van der Waals surface area contributed by atoms with Gasteiger partial charge in [-0.3, -0.25) is 4.79 Å². The SMILES string of the molecule is CC(=O)NCCNC1(C)CCCC1. The Labute approximate surface area is 80.3 Å². The number of carbonyl (C=O) groups excluding carboxylic acids is 1. The van der Waals surface area contributed by atoms with Gasteiger partial charge in [-0.15, -0.1) is 0 Å². The molecule has 1 amide bonds. The maximum atomic E-state index is 10.6. The van der Waals surface area contributed by atoms with Crippen LogP contribution in [0.1, 0.15) is 39.5 Å². The fourth-order valence-corrected chi connectivity index (χ4v) is 1.93. The van der Waals surface area contributed by atoms with Crippen LogP contribution in [0.2, 0.25) is 0 Å². The Hall–Kier alpha value is -0.570. The van der Waals surface area contributed by atoms with E-state index in [-0.39, 0.29) is 5.91 Å². The molecule has 0 atom stereocenters. The summed E-state index contributed by atoms with van der Waals surface area (Å²) in [5.74, 6) is 0.0541. The summed E-state index contributed by atoms with van der Waals surface area (Å²) in [7, 11) is 0. The number of carbonyl (C=O) groups is 1. The summed E-state index contributed by atoms with van der Waals surface area (Å²) < 4.78 is 0. The second-order valence-electron chi connectivity index (χ2n) is 4.18. The normalized spacial score (nSPS) is 20.2. The first-order chi connectivity index (χ1) is 6.12. The average Bonchev–Trinajstić information content (AvgIpc) is 2.47. The molecule has 2 N–H and O–H groups in total. The molecule has 0 aromatic carbocycles. The molecule has 0 bridgehead atoms. The van der Waals surface area contributed by atoms with Crippen LogP contribution < -0.4 is 10.6 Å². The largest absolute Gasteiger partial charge is 0.355 e. The highest BCUT2D eigenvalue weighted by Crippen LogP contribution is 2.28. The summed E-state index contributed by atoms with van der Waals surface area (Å²) in [5.41, 5.74) is 0.332. The van der Waals surface area contributed by atoms with Gasteiger partial charge in [0.15, 0.2) is 0 Å². The summed E-state index contributed by atoms with van der Waals surface area (Å²) in [6.45, 7) is 5.45. The van der Waals surface area contributed by atoms with E-state index in [9.17, 15) is 4.79 Å². The van der Waals surface area contributed by atoms with Gasteiger partial charge < -0.3 is 10.6 Å². The molecule has 13 heavy (non-hydrogen) atoms. The fourth-order valence-electron chi connectivity index (χ4n) is 1.93. The zero-order valence-electron chi connectivity index (χ0n) is 8.65. The molecule has 1 rings (SSSR count). The topological polar surface area (TPSA) is 41.1 Å². The molecule has 0 unspecified atom stereocenters. The first-order valence-electron chi connectivity index (χ1n) is 5.12. The number of hydrogen-bond donors (Lipinski definition) is 2. The van der Waals surface area contributed by atoms with Crippen molar-refractivity contribution in [3.05, 3.63) is 0 Å². The molecule has 1 aliphatic rings. The van der Waals surface area contributed by atoms with Crippen molar-refractivity contribution in [2.45, 2.75) is 45.1 Å². The fraction of sp³-hybridized carbons (Fsp3) is 0.900. The Morgan fingerprint density at radius 1 is 1.31 bits per heavy atom. The van der Waals surface area contributed by atoms with Crippen LogP contribution in [-0.2, 0) is 4.79 Å². The zero-order valence-corrected chi connectivity index (χ0v) is 8.65. The predicted octanol–water partition coefficient (Wildman–Crippen LogP) is 1.04. The quantitative estimate of drug-likeness (QED) is 0.641.